The molecule has 0 amide bonds. The Morgan fingerprint density at radius 3 is 2.17 bits per heavy atom. The lowest BCUT2D eigenvalue weighted by Crippen LogP contribution is -2.49. The quantitative estimate of drug-likeness (QED) is 0.554. The molecule has 1 fully saturated rings. The standard InChI is InChI=1S/C23H30F3N5O4/c1-15(2)12-31-20(27)19(21(33)28(3)22(31)34)18(32)14-30-10-8-29(9-11-30)13-16-4-6-17(7-5-16)35-23(24,25)26/h4-7,15H,8-14,27H2,1-3H3. The molecule has 0 unspecified atom stereocenters. The third-order valence-electron chi connectivity index (χ3n) is 5.81. The van der Waals surface area contributed by atoms with Gasteiger partial charge in [-0.3, -0.25) is 28.5 Å². The van der Waals surface area contributed by atoms with Crippen molar-refractivity contribution < 1.29 is 22.7 Å². The number of carbonyl (C=O) groups is 1. The Morgan fingerprint density at radius 1 is 1.06 bits per heavy atom. The fourth-order valence-electron chi connectivity index (χ4n) is 4.03. The van der Waals surface area contributed by atoms with E-state index in [9.17, 15) is 27.6 Å². The van der Waals surface area contributed by atoms with Gasteiger partial charge in [-0.15, -0.1) is 13.2 Å². The summed E-state index contributed by atoms with van der Waals surface area (Å²) in [4.78, 5) is 42.1. The summed E-state index contributed by atoms with van der Waals surface area (Å²) in [5.41, 5.74) is 5.51. The van der Waals surface area contributed by atoms with E-state index in [4.69, 9.17) is 5.73 Å². The van der Waals surface area contributed by atoms with Crippen molar-refractivity contribution in [2.45, 2.75) is 33.3 Å². The van der Waals surface area contributed by atoms with E-state index >= 15 is 0 Å². The van der Waals surface area contributed by atoms with Crippen molar-refractivity contribution in [2.24, 2.45) is 13.0 Å². The van der Waals surface area contributed by atoms with Gasteiger partial charge >= 0.3 is 12.1 Å². The van der Waals surface area contributed by atoms with Gasteiger partial charge in [0.05, 0.1) is 6.54 Å². The molecule has 1 saturated heterocycles. The molecule has 0 bridgehead atoms. The van der Waals surface area contributed by atoms with Crippen molar-refractivity contribution in [3.63, 3.8) is 0 Å². The lowest BCUT2D eigenvalue weighted by atomic mass is 10.1. The van der Waals surface area contributed by atoms with Crippen LogP contribution in [0.15, 0.2) is 33.9 Å². The molecule has 0 saturated carbocycles. The molecular formula is C23H30F3N5O4. The zero-order chi connectivity index (χ0) is 25.9. The molecular weight excluding hydrogens is 467 g/mol. The maximum atomic E-state index is 13.0. The van der Waals surface area contributed by atoms with Crippen LogP contribution in [0.1, 0.15) is 29.8 Å². The van der Waals surface area contributed by atoms with Gasteiger partial charge in [0.25, 0.3) is 5.56 Å². The first-order valence-electron chi connectivity index (χ1n) is 11.3. The number of carbonyl (C=O) groups excluding carboxylic acids is 1. The van der Waals surface area contributed by atoms with E-state index in [2.05, 4.69) is 9.64 Å². The highest BCUT2D eigenvalue weighted by Crippen LogP contribution is 2.23. The average molecular weight is 498 g/mol. The molecule has 0 aliphatic carbocycles. The number of nitrogens with zero attached hydrogens (tertiary/aromatic N) is 4. The Labute approximate surface area is 200 Å². The Balaban J connectivity index is 1.60. The highest BCUT2D eigenvalue weighted by molar-refractivity contribution is 6.01. The second-order valence-electron chi connectivity index (χ2n) is 9.08. The summed E-state index contributed by atoms with van der Waals surface area (Å²) in [6, 6.07) is 5.73. The number of hydrogen-bond donors (Lipinski definition) is 1. The van der Waals surface area contributed by atoms with Crippen molar-refractivity contribution in [3.05, 3.63) is 56.2 Å². The third-order valence-corrected chi connectivity index (χ3v) is 5.81. The topological polar surface area (TPSA) is 103 Å². The number of alkyl halides is 3. The number of halogens is 3. The van der Waals surface area contributed by atoms with E-state index in [-0.39, 0.29) is 29.6 Å². The zero-order valence-corrected chi connectivity index (χ0v) is 20.0. The monoisotopic (exact) mass is 497 g/mol. The predicted molar refractivity (Wildman–Crippen MR) is 124 cm³/mol. The van der Waals surface area contributed by atoms with Gasteiger partial charge in [-0.25, -0.2) is 4.79 Å². The van der Waals surface area contributed by atoms with Crippen LogP contribution in [0.4, 0.5) is 19.0 Å². The van der Waals surface area contributed by atoms with Crippen LogP contribution >= 0.6 is 0 Å². The largest absolute Gasteiger partial charge is 0.573 e. The number of Topliss-reactive ketones (excluding diaryl/α,β-unsaturated/α-hetero) is 1. The van der Waals surface area contributed by atoms with Crippen LogP contribution in [0, 0.1) is 5.92 Å². The molecule has 1 aromatic heterocycles. The number of benzene rings is 1. The van der Waals surface area contributed by atoms with Crippen LogP contribution in [-0.4, -0.2) is 63.8 Å². The highest BCUT2D eigenvalue weighted by atomic mass is 19.4. The van der Waals surface area contributed by atoms with Gasteiger partial charge in [0, 0.05) is 46.3 Å². The first-order valence-corrected chi connectivity index (χ1v) is 11.3. The summed E-state index contributed by atoms with van der Waals surface area (Å²) in [6.07, 6.45) is -4.73. The minimum atomic E-state index is -4.73. The summed E-state index contributed by atoms with van der Waals surface area (Å²) >= 11 is 0. The first-order chi connectivity index (χ1) is 16.4. The van der Waals surface area contributed by atoms with Gasteiger partial charge in [-0.2, -0.15) is 0 Å². The summed E-state index contributed by atoms with van der Waals surface area (Å²) in [7, 11) is 1.33. The SMILES string of the molecule is CC(C)Cn1c(N)c(C(=O)CN2CCN(Cc3ccc(OC(F)(F)F)cc3)CC2)c(=O)n(C)c1=O. The van der Waals surface area contributed by atoms with E-state index in [1.807, 2.05) is 18.7 Å². The second-order valence-corrected chi connectivity index (χ2v) is 9.08. The molecule has 3 rings (SSSR count). The van der Waals surface area contributed by atoms with E-state index in [1.54, 1.807) is 12.1 Å². The molecule has 9 nitrogen and oxygen atoms in total. The zero-order valence-electron chi connectivity index (χ0n) is 20.0. The Kier molecular flexibility index (Phi) is 8.06. The molecule has 1 aliphatic heterocycles. The van der Waals surface area contributed by atoms with Crippen LogP contribution in [0.25, 0.3) is 0 Å². The molecule has 0 atom stereocenters. The van der Waals surface area contributed by atoms with Gasteiger partial charge in [0.15, 0.2) is 5.78 Å². The predicted octanol–water partition coefficient (Wildman–Crippen LogP) is 1.68. The molecule has 2 N–H and O–H groups in total. The smallest absolute Gasteiger partial charge is 0.406 e. The summed E-state index contributed by atoms with van der Waals surface area (Å²) in [6.45, 7) is 7.03. The number of hydrogen-bond acceptors (Lipinski definition) is 7. The number of nitrogen functional groups attached to an aromatic ring is 1. The molecule has 0 spiro atoms. The molecule has 0 radical (unpaired) electrons. The molecule has 2 aromatic rings. The van der Waals surface area contributed by atoms with Crippen molar-refractivity contribution >= 4 is 11.6 Å². The normalized spacial score (nSPS) is 15.5. The number of piperazine rings is 1. The molecule has 12 heteroatoms. The van der Waals surface area contributed by atoms with Crippen LogP contribution < -0.4 is 21.7 Å². The fourth-order valence-corrected chi connectivity index (χ4v) is 4.03. The van der Waals surface area contributed by atoms with Gasteiger partial charge in [-0.1, -0.05) is 26.0 Å². The Bertz CT molecular complexity index is 1160. The number of nitrogens with two attached hydrogens (primary N) is 1. The van der Waals surface area contributed by atoms with Gasteiger partial charge in [0.1, 0.15) is 17.1 Å². The first kappa shape index (κ1) is 26.5. The Morgan fingerprint density at radius 2 is 1.63 bits per heavy atom. The second kappa shape index (κ2) is 10.6. The van der Waals surface area contributed by atoms with Crippen LogP contribution in [-0.2, 0) is 20.1 Å². The Hall–Kier alpha value is -3.12. The maximum Gasteiger partial charge on any atom is 0.573 e. The molecule has 2 heterocycles. The third kappa shape index (κ3) is 6.73. The van der Waals surface area contributed by atoms with Crippen LogP contribution in [0.3, 0.4) is 0 Å². The average Bonchev–Trinajstić information content (AvgIpc) is 2.77. The van der Waals surface area contributed by atoms with Gasteiger partial charge in [-0.05, 0) is 23.6 Å². The minimum Gasteiger partial charge on any atom is -0.406 e. The molecule has 35 heavy (non-hydrogen) atoms. The van der Waals surface area contributed by atoms with E-state index in [1.165, 1.54) is 23.7 Å². The summed E-state index contributed by atoms with van der Waals surface area (Å²) < 4.78 is 43.0. The lowest BCUT2D eigenvalue weighted by molar-refractivity contribution is -0.274. The number of ether oxygens (including phenoxy) is 1. The summed E-state index contributed by atoms with van der Waals surface area (Å²) in [5, 5.41) is 0. The lowest BCUT2D eigenvalue weighted by Gasteiger charge is -2.34. The highest BCUT2D eigenvalue weighted by Gasteiger charge is 2.31. The van der Waals surface area contributed by atoms with Crippen LogP contribution in [0.2, 0.25) is 0 Å². The van der Waals surface area contributed by atoms with Gasteiger partial charge in [0.2, 0.25) is 0 Å². The number of ketones is 1. The maximum absolute atomic E-state index is 13.0. The van der Waals surface area contributed by atoms with E-state index < -0.39 is 23.4 Å². The number of aromatic nitrogens is 2. The van der Waals surface area contributed by atoms with E-state index in [0.29, 0.717) is 39.3 Å². The van der Waals surface area contributed by atoms with E-state index in [0.717, 1.165) is 10.1 Å². The van der Waals surface area contributed by atoms with Crippen molar-refractivity contribution in [1.29, 1.82) is 0 Å². The van der Waals surface area contributed by atoms with Crippen molar-refractivity contribution in [3.8, 4) is 5.75 Å². The molecule has 1 aliphatic rings. The summed E-state index contributed by atoms with van der Waals surface area (Å²) in [5.74, 6) is -0.714. The molecule has 192 valence electrons. The minimum absolute atomic E-state index is 0.00333. The number of anilines is 1. The van der Waals surface area contributed by atoms with Crippen molar-refractivity contribution in [1.82, 2.24) is 18.9 Å². The van der Waals surface area contributed by atoms with Crippen LogP contribution in [0.5, 0.6) is 5.75 Å². The molecule has 1 aromatic carbocycles. The fraction of sp³-hybridized carbons (Fsp3) is 0.522. The van der Waals surface area contributed by atoms with Crippen molar-refractivity contribution in [2.75, 3.05) is 38.5 Å². The van der Waals surface area contributed by atoms with Gasteiger partial charge < -0.3 is 10.5 Å². The number of rotatable bonds is 8.